The van der Waals surface area contributed by atoms with E-state index in [9.17, 15) is 10.2 Å². The number of benzene rings is 3. The predicted octanol–water partition coefficient (Wildman–Crippen LogP) is 3.81. The van der Waals surface area contributed by atoms with Crippen molar-refractivity contribution in [3.05, 3.63) is 54.1 Å². The van der Waals surface area contributed by atoms with E-state index in [-0.39, 0.29) is 11.5 Å². The predicted molar refractivity (Wildman–Crippen MR) is 77.0 cm³/mol. The van der Waals surface area contributed by atoms with Crippen LogP contribution in [0, 0.1) is 0 Å². The maximum atomic E-state index is 9.56. The summed E-state index contributed by atoms with van der Waals surface area (Å²) >= 11 is 0. The number of hydrogen-bond donors (Lipinski definition) is 2. The van der Waals surface area contributed by atoms with Crippen LogP contribution in [0.2, 0.25) is 0 Å². The molecule has 2 N–H and O–H groups in total. The molecule has 98 valence electrons. The van der Waals surface area contributed by atoms with Gasteiger partial charge in [0.15, 0.2) is 0 Å². The SMILES string of the molecule is Oc1ccc2c(c1)COc1cc3cc(O)ccc3cc1-2. The molecule has 1 heterocycles. The quantitative estimate of drug-likeness (QED) is 0.649. The van der Waals surface area contributed by atoms with Crippen molar-refractivity contribution in [1.82, 2.24) is 0 Å². The van der Waals surface area contributed by atoms with Crippen LogP contribution < -0.4 is 4.74 Å². The summed E-state index contributed by atoms with van der Waals surface area (Å²) in [7, 11) is 0. The maximum absolute atomic E-state index is 9.56. The molecule has 0 radical (unpaired) electrons. The van der Waals surface area contributed by atoms with E-state index in [2.05, 4.69) is 6.07 Å². The van der Waals surface area contributed by atoms with Crippen LogP contribution in [0.25, 0.3) is 21.9 Å². The van der Waals surface area contributed by atoms with Crippen LogP contribution in [-0.4, -0.2) is 10.2 Å². The molecule has 0 spiro atoms. The van der Waals surface area contributed by atoms with Crippen LogP contribution >= 0.6 is 0 Å². The Hall–Kier alpha value is -2.68. The second-order valence-electron chi connectivity index (χ2n) is 5.01. The lowest BCUT2D eigenvalue weighted by Crippen LogP contribution is -2.05. The molecule has 0 fully saturated rings. The average Bonchev–Trinajstić information content (AvgIpc) is 2.44. The highest BCUT2D eigenvalue weighted by Gasteiger charge is 2.18. The molecule has 20 heavy (non-hydrogen) atoms. The number of hydrogen-bond acceptors (Lipinski definition) is 3. The fourth-order valence-corrected chi connectivity index (χ4v) is 2.71. The van der Waals surface area contributed by atoms with Crippen molar-refractivity contribution >= 4 is 10.8 Å². The van der Waals surface area contributed by atoms with E-state index in [0.717, 1.165) is 33.2 Å². The third-order valence-corrected chi connectivity index (χ3v) is 3.68. The zero-order chi connectivity index (χ0) is 13.7. The van der Waals surface area contributed by atoms with E-state index in [0.29, 0.717) is 6.61 Å². The lowest BCUT2D eigenvalue weighted by atomic mass is 9.94. The second kappa shape index (κ2) is 3.90. The molecule has 0 atom stereocenters. The van der Waals surface area contributed by atoms with Gasteiger partial charge in [0, 0.05) is 11.1 Å². The van der Waals surface area contributed by atoms with Crippen LogP contribution in [-0.2, 0) is 6.61 Å². The molecular formula is C17H12O3. The van der Waals surface area contributed by atoms with Crippen molar-refractivity contribution in [2.24, 2.45) is 0 Å². The summed E-state index contributed by atoms with van der Waals surface area (Å²) in [6, 6.07) is 14.6. The van der Waals surface area contributed by atoms with Crippen LogP contribution in [0.4, 0.5) is 0 Å². The molecule has 0 saturated heterocycles. The van der Waals surface area contributed by atoms with Crippen molar-refractivity contribution in [3.8, 4) is 28.4 Å². The first-order valence-corrected chi connectivity index (χ1v) is 6.42. The number of rotatable bonds is 0. The highest BCUT2D eigenvalue weighted by Crippen LogP contribution is 2.41. The van der Waals surface area contributed by atoms with Gasteiger partial charge in [0.2, 0.25) is 0 Å². The summed E-state index contributed by atoms with van der Waals surface area (Å²) in [4.78, 5) is 0. The van der Waals surface area contributed by atoms with Gasteiger partial charge in [-0.3, -0.25) is 0 Å². The zero-order valence-corrected chi connectivity index (χ0v) is 10.6. The van der Waals surface area contributed by atoms with Gasteiger partial charge in [-0.25, -0.2) is 0 Å². The highest BCUT2D eigenvalue weighted by atomic mass is 16.5. The van der Waals surface area contributed by atoms with Gasteiger partial charge in [-0.05, 0) is 52.7 Å². The number of fused-ring (bicyclic) bond motifs is 4. The van der Waals surface area contributed by atoms with Gasteiger partial charge in [0.25, 0.3) is 0 Å². The van der Waals surface area contributed by atoms with Gasteiger partial charge in [-0.2, -0.15) is 0 Å². The van der Waals surface area contributed by atoms with E-state index in [1.165, 1.54) is 0 Å². The number of ether oxygens (including phenoxy) is 1. The molecule has 3 heteroatoms. The van der Waals surface area contributed by atoms with Gasteiger partial charge >= 0.3 is 0 Å². The molecule has 3 aromatic rings. The van der Waals surface area contributed by atoms with E-state index >= 15 is 0 Å². The van der Waals surface area contributed by atoms with Gasteiger partial charge in [-0.15, -0.1) is 0 Å². The first kappa shape index (κ1) is 11.2. The fourth-order valence-electron chi connectivity index (χ4n) is 2.71. The molecule has 0 saturated carbocycles. The van der Waals surface area contributed by atoms with Crippen molar-refractivity contribution < 1.29 is 14.9 Å². The smallest absolute Gasteiger partial charge is 0.128 e. The molecule has 0 unspecified atom stereocenters. The molecule has 0 aromatic heterocycles. The Morgan fingerprint density at radius 3 is 2.45 bits per heavy atom. The molecule has 4 rings (SSSR count). The number of phenolic OH excluding ortho intramolecular Hbond substituents is 2. The minimum atomic E-state index is 0.249. The summed E-state index contributed by atoms with van der Waals surface area (Å²) in [5.41, 5.74) is 3.08. The Labute approximate surface area is 115 Å². The summed E-state index contributed by atoms with van der Waals surface area (Å²) in [6.07, 6.45) is 0. The lowest BCUT2D eigenvalue weighted by molar-refractivity contribution is 0.302. The van der Waals surface area contributed by atoms with Crippen molar-refractivity contribution in [2.45, 2.75) is 6.61 Å². The van der Waals surface area contributed by atoms with E-state index < -0.39 is 0 Å². The van der Waals surface area contributed by atoms with Gasteiger partial charge < -0.3 is 14.9 Å². The molecule has 3 nitrogen and oxygen atoms in total. The molecule has 1 aliphatic heterocycles. The Morgan fingerprint density at radius 2 is 1.55 bits per heavy atom. The van der Waals surface area contributed by atoms with E-state index in [1.807, 2.05) is 18.2 Å². The topological polar surface area (TPSA) is 49.7 Å². The third kappa shape index (κ3) is 1.60. The molecule has 3 aromatic carbocycles. The maximum Gasteiger partial charge on any atom is 0.128 e. The Kier molecular flexibility index (Phi) is 2.18. The standard InChI is InChI=1S/C17H12O3/c18-13-2-1-10-7-16-15-4-3-14(19)6-12(15)9-20-17(16)8-11(10)5-13/h1-8,18-19H,9H2. The van der Waals surface area contributed by atoms with Gasteiger partial charge in [0.05, 0.1) is 0 Å². The summed E-state index contributed by atoms with van der Waals surface area (Å²) in [5.74, 6) is 1.31. The number of aromatic hydroxyl groups is 2. The van der Waals surface area contributed by atoms with Crippen molar-refractivity contribution in [3.63, 3.8) is 0 Å². The van der Waals surface area contributed by atoms with Gasteiger partial charge in [-0.1, -0.05) is 12.1 Å². The lowest BCUT2D eigenvalue weighted by Gasteiger charge is -2.21. The first-order chi connectivity index (χ1) is 9.70. The minimum Gasteiger partial charge on any atom is -0.508 e. The molecular weight excluding hydrogens is 252 g/mol. The van der Waals surface area contributed by atoms with Crippen molar-refractivity contribution in [2.75, 3.05) is 0 Å². The van der Waals surface area contributed by atoms with E-state index in [4.69, 9.17) is 4.74 Å². The number of phenols is 2. The summed E-state index contributed by atoms with van der Waals surface area (Å²) in [5, 5.41) is 21.1. The Balaban J connectivity index is 2.00. The van der Waals surface area contributed by atoms with Crippen LogP contribution in [0.1, 0.15) is 5.56 Å². The van der Waals surface area contributed by atoms with Crippen molar-refractivity contribution in [1.29, 1.82) is 0 Å². The average molecular weight is 264 g/mol. The highest BCUT2D eigenvalue weighted by molar-refractivity contribution is 5.92. The largest absolute Gasteiger partial charge is 0.508 e. The van der Waals surface area contributed by atoms with Crippen LogP contribution in [0.3, 0.4) is 0 Å². The van der Waals surface area contributed by atoms with Crippen LogP contribution in [0.15, 0.2) is 48.5 Å². The molecule has 0 amide bonds. The molecule has 1 aliphatic rings. The normalized spacial score (nSPS) is 12.6. The molecule has 0 bridgehead atoms. The Bertz CT molecular complexity index is 837. The Morgan fingerprint density at radius 1 is 0.750 bits per heavy atom. The van der Waals surface area contributed by atoms with Crippen LogP contribution in [0.5, 0.6) is 17.2 Å². The summed E-state index contributed by atoms with van der Waals surface area (Å²) < 4.78 is 5.76. The van der Waals surface area contributed by atoms with Gasteiger partial charge in [0.1, 0.15) is 23.9 Å². The summed E-state index contributed by atoms with van der Waals surface area (Å²) in [6.45, 7) is 0.445. The molecule has 0 aliphatic carbocycles. The van der Waals surface area contributed by atoms with E-state index in [1.54, 1.807) is 24.3 Å². The monoisotopic (exact) mass is 264 g/mol. The zero-order valence-electron chi connectivity index (χ0n) is 10.6. The first-order valence-electron chi connectivity index (χ1n) is 6.42. The second-order valence-corrected chi connectivity index (χ2v) is 5.01. The third-order valence-electron chi connectivity index (χ3n) is 3.68. The minimum absolute atomic E-state index is 0.249. The fraction of sp³-hybridized carbons (Fsp3) is 0.0588.